The Balaban J connectivity index is 1.77. The summed E-state index contributed by atoms with van der Waals surface area (Å²) < 4.78 is 11.4. The zero-order valence-electron chi connectivity index (χ0n) is 16.7. The number of anilines is 1. The molecule has 0 aliphatic carbocycles. The molecule has 152 valence electrons. The highest BCUT2D eigenvalue weighted by Crippen LogP contribution is 2.26. The number of nitrogens with one attached hydrogen (secondary N) is 2. The minimum Gasteiger partial charge on any atom is -0.497 e. The zero-order chi connectivity index (χ0) is 21.0. The first kappa shape index (κ1) is 20.6. The number of amides is 2. The van der Waals surface area contributed by atoms with E-state index in [1.165, 1.54) is 25.6 Å². The molecule has 0 aliphatic heterocycles. The van der Waals surface area contributed by atoms with E-state index in [1.807, 2.05) is 38.1 Å². The highest BCUT2D eigenvalue weighted by Gasteiger charge is 2.26. The maximum Gasteiger partial charge on any atom is 0.252 e. The number of rotatable bonds is 7. The fourth-order valence-corrected chi connectivity index (χ4v) is 3.68. The van der Waals surface area contributed by atoms with E-state index in [-0.39, 0.29) is 17.7 Å². The van der Waals surface area contributed by atoms with Crippen LogP contribution in [0.2, 0.25) is 0 Å². The summed E-state index contributed by atoms with van der Waals surface area (Å²) in [4.78, 5) is 30.0. The van der Waals surface area contributed by atoms with Crippen LogP contribution in [0.5, 0.6) is 11.5 Å². The molecule has 8 heteroatoms. The lowest BCUT2D eigenvalue weighted by Crippen LogP contribution is -2.47. The van der Waals surface area contributed by atoms with Gasteiger partial charge >= 0.3 is 0 Å². The largest absolute Gasteiger partial charge is 0.497 e. The molecule has 0 fully saturated rings. The molecule has 1 atom stereocenters. The number of benzene rings is 2. The highest BCUT2D eigenvalue weighted by atomic mass is 32.1. The normalized spacial score (nSPS) is 11.9. The van der Waals surface area contributed by atoms with Gasteiger partial charge in [0.15, 0.2) is 5.13 Å². The first-order valence-corrected chi connectivity index (χ1v) is 9.93. The summed E-state index contributed by atoms with van der Waals surface area (Å²) in [5, 5.41) is 6.12. The van der Waals surface area contributed by atoms with Gasteiger partial charge in [0.05, 0.1) is 24.4 Å². The molecule has 0 saturated heterocycles. The third kappa shape index (κ3) is 4.83. The van der Waals surface area contributed by atoms with Crippen LogP contribution in [-0.4, -0.2) is 37.1 Å². The van der Waals surface area contributed by atoms with E-state index in [2.05, 4.69) is 15.6 Å². The second-order valence-corrected chi connectivity index (χ2v) is 7.80. The van der Waals surface area contributed by atoms with Gasteiger partial charge in [-0.15, -0.1) is 0 Å². The molecule has 1 heterocycles. The molecule has 7 nitrogen and oxygen atoms in total. The highest BCUT2D eigenvalue weighted by molar-refractivity contribution is 7.22. The SMILES string of the molecule is COc1cc(OC)cc(C(=O)NC(C(=O)Nc2nc3ccccc3s2)C(C)C)c1. The van der Waals surface area contributed by atoms with E-state index in [9.17, 15) is 9.59 Å². The molecule has 2 N–H and O–H groups in total. The average molecular weight is 413 g/mol. The minimum absolute atomic E-state index is 0.124. The third-order valence-corrected chi connectivity index (χ3v) is 5.33. The molecule has 1 aromatic heterocycles. The number of hydrogen-bond donors (Lipinski definition) is 2. The van der Waals surface area contributed by atoms with Gasteiger partial charge in [-0.3, -0.25) is 9.59 Å². The average Bonchev–Trinajstić information content (AvgIpc) is 3.13. The van der Waals surface area contributed by atoms with Gasteiger partial charge in [-0.2, -0.15) is 0 Å². The molecule has 2 amide bonds. The first-order chi connectivity index (χ1) is 13.9. The number of carbonyl (C=O) groups excluding carboxylic acids is 2. The predicted octanol–water partition coefficient (Wildman–Crippen LogP) is 3.71. The maximum atomic E-state index is 12.8. The third-order valence-electron chi connectivity index (χ3n) is 4.37. The fourth-order valence-electron chi connectivity index (χ4n) is 2.81. The van der Waals surface area contributed by atoms with Gasteiger partial charge < -0.3 is 20.1 Å². The quantitative estimate of drug-likeness (QED) is 0.616. The lowest BCUT2D eigenvalue weighted by Gasteiger charge is -2.21. The van der Waals surface area contributed by atoms with Crippen LogP contribution < -0.4 is 20.1 Å². The molecule has 2 aromatic carbocycles. The lowest BCUT2D eigenvalue weighted by molar-refractivity contribution is -0.118. The van der Waals surface area contributed by atoms with E-state index in [1.54, 1.807) is 18.2 Å². The van der Waals surface area contributed by atoms with E-state index < -0.39 is 6.04 Å². The second-order valence-electron chi connectivity index (χ2n) is 6.77. The van der Waals surface area contributed by atoms with Crippen LogP contribution in [0.1, 0.15) is 24.2 Å². The first-order valence-electron chi connectivity index (χ1n) is 9.11. The van der Waals surface area contributed by atoms with E-state index in [0.29, 0.717) is 22.2 Å². The van der Waals surface area contributed by atoms with Gasteiger partial charge in [0.2, 0.25) is 5.91 Å². The minimum atomic E-state index is -0.730. The van der Waals surface area contributed by atoms with Gasteiger partial charge in [-0.25, -0.2) is 4.98 Å². The summed E-state index contributed by atoms with van der Waals surface area (Å²) in [6, 6.07) is 11.8. The Kier molecular flexibility index (Phi) is 6.33. The maximum absolute atomic E-state index is 12.8. The number of aromatic nitrogens is 1. The van der Waals surface area contributed by atoms with Gasteiger partial charge in [0.1, 0.15) is 17.5 Å². The number of nitrogens with zero attached hydrogens (tertiary/aromatic N) is 1. The molecule has 0 bridgehead atoms. The summed E-state index contributed by atoms with van der Waals surface area (Å²) in [6.45, 7) is 3.74. The molecule has 1 unspecified atom stereocenters. The van der Waals surface area contributed by atoms with Crippen molar-refractivity contribution in [3.63, 3.8) is 0 Å². The van der Waals surface area contributed by atoms with Crippen molar-refractivity contribution < 1.29 is 19.1 Å². The van der Waals surface area contributed by atoms with Crippen LogP contribution in [0.4, 0.5) is 5.13 Å². The Labute approximate surface area is 173 Å². The van der Waals surface area contributed by atoms with Crippen LogP contribution in [-0.2, 0) is 4.79 Å². The Hall–Kier alpha value is -3.13. The van der Waals surface area contributed by atoms with Crippen molar-refractivity contribution in [2.24, 2.45) is 5.92 Å². The molecular formula is C21H23N3O4S. The number of para-hydroxylation sites is 1. The van der Waals surface area contributed by atoms with E-state index in [0.717, 1.165) is 10.2 Å². The molecule has 3 aromatic rings. The van der Waals surface area contributed by atoms with Gasteiger partial charge in [-0.05, 0) is 30.2 Å². The van der Waals surface area contributed by atoms with Gasteiger partial charge in [0, 0.05) is 11.6 Å². The molecule has 0 spiro atoms. The summed E-state index contributed by atoms with van der Waals surface area (Å²) in [5.41, 5.74) is 1.17. The number of fused-ring (bicyclic) bond motifs is 1. The van der Waals surface area contributed by atoms with Crippen molar-refractivity contribution in [3.8, 4) is 11.5 Å². The van der Waals surface area contributed by atoms with Crippen molar-refractivity contribution in [2.45, 2.75) is 19.9 Å². The van der Waals surface area contributed by atoms with Crippen molar-refractivity contribution in [1.82, 2.24) is 10.3 Å². The number of ether oxygens (including phenoxy) is 2. The summed E-state index contributed by atoms with van der Waals surface area (Å²) >= 11 is 1.39. The molecule has 0 aliphatic rings. The topological polar surface area (TPSA) is 89.5 Å². The smallest absolute Gasteiger partial charge is 0.252 e. The standard InChI is InChI=1S/C21H23N3O4S/c1-12(2)18(20(26)24-21-22-16-7-5-6-8-17(16)29-21)23-19(25)13-9-14(27-3)11-15(10-13)28-4/h5-12,18H,1-4H3,(H,23,25)(H,22,24,26). The van der Waals surface area contributed by atoms with E-state index >= 15 is 0 Å². The number of thiazole rings is 1. The molecule has 3 rings (SSSR count). The Bertz CT molecular complexity index is 976. The lowest BCUT2D eigenvalue weighted by atomic mass is 10.0. The molecule has 29 heavy (non-hydrogen) atoms. The van der Waals surface area contributed by atoms with Crippen LogP contribution in [0.3, 0.4) is 0 Å². The number of hydrogen-bond acceptors (Lipinski definition) is 6. The summed E-state index contributed by atoms with van der Waals surface area (Å²) in [5.74, 6) is 0.160. The van der Waals surface area contributed by atoms with Gasteiger partial charge in [-0.1, -0.05) is 37.3 Å². The number of carbonyl (C=O) groups is 2. The van der Waals surface area contributed by atoms with Crippen molar-refractivity contribution in [3.05, 3.63) is 48.0 Å². The second kappa shape index (κ2) is 8.91. The number of methoxy groups -OCH3 is 2. The molecule has 0 saturated carbocycles. The summed E-state index contributed by atoms with van der Waals surface area (Å²) in [6.07, 6.45) is 0. The Morgan fingerprint density at radius 3 is 2.28 bits per heavy atom. The fraction of sp³-hybridized carbons (Fsp3) is 0.286. The van der Waals surface area contributed by atoms with Gasteiger partial charge in [0.25, 0.3) is 5.91 Å². The Morgan fingerprint density at radius 1 is 1.03 bits per heavy atom. The monoisotopic (exact) mass is 413 g/mol. The van der Waals surface area contributed by atoms with Crippen molar-refractivity contribution in [2.75, 3.05) is 19.5 Å². The zero-order valence-corrected chi connectivity index (χ0v) is 17.5. The van der Waals surface area contributed by atoms with Crippen LogP contribution in [0.15, 0.2) is 42.5 Å². The van der Waals surface area contributed by atoms with Crippen LogP contribution in [0, 0.1) is 5.92 Å². The van der Waals surface area contributed by atoms with Crippen LogP contribution in [0.25, 0.3) is 10.2 Å². The van der Waals surface area contributed by atoms with E-state index in [4.69, 9.17) is 9.47 Å². The summed E-state index contributed by atoms with van der Waals surface area (Å²) in [7, 11) is 3.03. The Morgan fingerprint density at radius 2 is 1.69 bits per heavy atom. The molecule has 0 radical (unpaired) electrons. The predicted molar refractivity (Wildman–Crippen MR) is 114 cm³/mol. The molecular weight excluding hydrogens is 390 g/mol. The van der Waals surface area contributed by atoms with Crippen LogP contribution >= 0.6 is 11.3 Å². The van der Waals surface area contributed by atoms with Crippen molar-refractivity contribution >= 4 is 38.5 Å². The van der Waals surface area contributed by atoms with Crippen molar-refractivity contribution in [1.29, 1.82) is 0 Å².